The van der Waals surface area contributed by atoms with E-state index in [2.05, 4.69) is 5.10 Å². The summed E-state index contributed by atoms with van der Waals surface area (Å²) in [5, 5.41) is 13.2. The van der Waals surface area contributed by atoms with Crippen molar-refractivity contribution in [2.45, 2.75) is 45.8 Å². The molecule has 0 saturated heterocycles. The van der Waals surface area contributed by atoms with Crippen LogP contribution in [-0.4, -0.2) is 21.0 Å². The molecule has 0 spiro atoms. The summed E-state index contributed by atoms with van der Waals surface area (Å²) >= 11 is 0. The van der Waals surface area contributed by atoms with Crippen molar-refractivity contribution < 1.29 is 5.11 Å². The van der Waals surface area contributed by atoms with E-state index in [-0.39, 0.29) is 6.10 Å². The molecule has 0 amide bonds. The summed E-state index contributed by atoms with van der Waals surface area (Å²) in [6.45, 7) is 4.83. The zero-order valence-corrected chi connectivity index (χ0v) is 8.40. The number of hydrogen-bond donors (Lipinski definition) is 1. The second-order valence-electron chi connectivity index (χ2n) is 3.63. The van der Waals surface area contributed by atoms with Crippen LogP contribution in [-0.2, 0) is 6.54 Å². The summed E-state index contributed by atoms with van der Waals surface area (Å²) in [7, 11) is 0. The lowest BCUT2D eigenvalue weighted by molar-refractivity contribution is 0.180. The van der Waals surface area contributed by atoms with Crippen LogP contribution in [0.1, 0.15) is 31.7 Å². The van der Waals surface area contributed by atoms with Crippen LogP contribution in [0.25, 0.3) is 0 Å². The maximum Gasteiger partial charge on any atom is 0.0518 e. The number of unbranched alkanes of at least 4 members (excludes halogenated alkanes) is 1. The smallest absolute Gasteiger partial charge is 0.0518 e. The first-order valence-corrected chi connectivity index (χ1v) is 4.85. The Kier molecular flexibility index (Phi) is 3.96. The Bertz CT molecular complexity index is 243. The van der Waals surface area contributed by atoms with Crippen molar-refractivity contribution in [1.29, 1.82) is 0 Å². The molecule has 1 N–H and O–H groups in total. The fourth-order valence-electron chi connectivity index (χ4n) is 1.30. The monoisotopic (exact) mass is 182 g/mol. The Morgan fingerprint density at radius 1 is 1.54 bits per heavy atom. The molecule has 1 unspecified atom stereocenters. The molecule has 13 heavy (non-hydrogen) atoms. The van der Waals surface area contributed by atoms with Crippen LogP contribution in [0.15, 0.2) is 12.4 Å². The van der Waals surface area contributed by atoms with Gasteiger partial charge in [-0.2, -0.15) is 5.10 Å². The van der Waals surface area contributed by atoms with Crippen molar-refractivity contribution in [3.63, 3.8) is 0 Å². The van der Waals surface area contributed by atoms with E-state index in [0.29, 0.717) is 0 Å². The lowest BCUT2D eigenvalue weighted by Gasteiger charge is -2.03. The molecule has 1 heterocycles. The highest BCUT2D eigenvalue weighted by Gasteiger charge is 1.97. The van der Waals surface area contributed by atoms with E-state index in [1.165, 1.54) is 5.56 Å². The number of hydrogen-bond acceptors (Lipinski definition) is 2. The maximum absolute atomic E-state index is 9.03. The van der Waals surface area contributed by atoms with Crippen LogP contribution in [0, 0.1) is 6.92 Å². The molecule has 1 atom stereocenters. The van der Waals surface area contributed by atoms with Gasteiger partial charge in [0.05, 0.1) is 12.3 Å². The van der Waals surface area contributed by atoms with E-state index in [0.717, 1.165) is 25.8 Å². The van der Waals surface area contributed by atoms with E-state index >= 15 is 0 Å². The van der Waals surface area contributed by atoms with E-state index in [1.54, 1.807) is 0 Å². The molecule has 0 aliphatic heterocycles. The van der Waals surface area contributed by atoms with Gasteiger partial charge in [-0.05, 0) is 38.7 Å². The van der Waals surface area contributed by atoms with Crippen molar-refractivity contribution in [3.8, 4) is 0 Å². The summed E-state index contributed by atoms with van der Waals surface area (Å²) in [5.41, 5.74) is 1.20. The minimum absolute atomic E-state index is 0.167. The van der Waals surface area contributed by atoms with E-state index < -0.39 is 0 Å². The first-order valence-electron chi connectivity index (χ1n) is 4.85. The number of aliphatic hydroxyl groups excluding tert-OH is 1. The highest BCUT2D eigenvalue weighted by Crippen LogP contribution is 2.02. The molecule has 0 bridgehead atoms. The summed E-state index contributed by atoms with van der Waals surface area (Å²) in [6, 6.07) is 0. The molecule has 0 radical (unpaired) electrons. The highest BCUT2D eigenvalue weighted by atomic mass is 16.3. The molecular weight excluding hydrogens is 164 g/mol. The average molecular weight is 182 g/mol. The molecule has 3 heteroatoms. The Morgan fingerprint density at radius 2 is 2.31 bits per heavy atom. The quantitative estimate of drug-likeness (QED) is 0.704. The average Bonchev–Trinajstić information content (AvgIpc) is 2.45. The molecule has 74 valence electrons. The first kappa shape index (κ1) is 10.3. The van der Waals surface area contributed by atoms with Crippen LogP contribution in [0.5, 0.6) is 0 Å². The first-order chi connectivity index (χ1) is 6.18. The second kappa shape index (κ2) is 5.02. The molecular formula is C10H18N2O. The van der Waals surface area contributed by atoms with E-state index in [1.807, 2.05) is 30.9 Å². The number of aryl methyl sites for hydroxylation is 2. The van der Waals surface area contributed by atoms with Gasteiger partial charge in [-0.1, -0.05) is 0 Å². The van der Waals surface area contributed by atoms with Gasteiger partial charge < -0.3 is 5.11 Å². The Morgan fingerprint density at radius 3 is 2.85 bits per heavy atom. The van der Waals surface area contributed by atoms with Gasteiger partial charge in [0.1, 0.15) is 0 Å². The molecule has 1 aromatic heterocycles. The van der Waals surface area contributed by atoms with Gasteiger partial charge in [0.25, 0.3) is 0 Å². The van der Waals surface area contributed by atoms with Gasteiger partial charge >= 0.3 is 0 Å². The van der Waals surface area contributed by atoms with Crippen molar-refractivity contribution in [2.24, 2.45) is 0 Å². The number of aromatic nitrogens is 2. The minimum atomic E-state index is -0.167. The van der Waals surface area contributed by atoms with Crippen molar-refractivity contribution in [3.05, 3.63) is 18.0 Å². The van der Waals surface area contributed by atoms with Crippen LogP contribution in [0.3, 0.4) is 0 Å². The third kappa shape index (κ3) is 4.08. The third-order valence-corrected chi connectivity index (χ3v) is 2.02. The Labute approximate surface area is 79.4 Å². The van der Waals surface area contributed by atoms with Gasteiger partial charge in [-0.15, -0.1) is 0 Å². The Hall–Kier alpha value is -0.830. The number of aliphatic hydroxyl groups is 1. The third-order valence-electron chi connectivity index (χ3n) is 2.02. The lowest BCUT2D eigenvalue weighted by atomic mass is 10.2. The van der Waals surface area contributed by atoms with E-state index in [9.17, 15) is 0 Å². The number of rotatable bonds is 5. The molecule has 1 rings (SSSR count). The van der Waals surface area contributed by atoms with Gasteiger partial charge in [0, 0.05) is 12.7 Å². The van der Waals surface area contributed by atoms with E-state index in [4.69, 9.17) is 5.11 Å². The molecule has 0 aliphatic rings. The molecule has 1 aromatic rings. The maximum atomic E-state index is 9.03. The number of nitrogens with zero attached hydrogens (tertiary/aromatic N) is 2. The minimum Gasteiger partial charge on any atom is -0.393 e. The largest absolute Gasteiger partial charge is 0.393 e. The lowest BCUT2D eigenvalue weighted by Crippen LogP contribution is -2.02. The highest BCUT2D eigenvalue weighted by molar-refractivity contribution is 4.99. The van der Waals surface area contributed by atoms with Crippen molar-refractivity contribution in [2.75, 3.05) is 0 Å². The summed E-state index contributed by atoms with van der Waals surface area (Å²) < 4.78 is 1.96. The molecule has 0 saturated carbocycles. The second-order valence-corrected chi connectivity index (χ2v) is 3.63. The van der Waals surface area contributed by atoms with Crippen molar-refractivity contribution >= 4 is 0 Å². The van der Waals surface area contributed by atoms with Crippen LogP contribution in [0.4, 0.5) is 0 Å². The predicted molar refractivity (Wildman–Crippen MR) is 52.5 cm³/mol. The molecule has 0 fully saturated rings. The zero-order valence-electron chi connectivity index (χ0n) is 8.40. The normalized spacial score (nSPS) is 13.2. The fraction of sp³-hybridized carbons (Fsp3) is 0.700. The molecule has 0 aliphatic carbocycles. The van der Waals surface area contributed by atoms with Gasteiger partial charge in [0.2, 0.25) is 0 Å². The van der Waals surface area contributed by atoms with Crippen LogP contribution < -0.4 is 0 Å². The fourth-order valence-corrected chi connectivity index (χ4v) is 1.30. The zero-order chi connectivity index (χ0) is 9.68. The van der Waals surface area contributed by atoms with Gasteiger partial charge in [-0.25, -0.2) is 0 Å². The topological polar surface area (TPSA) is 38.0 Å². The predicted octanol–water partition coefficient (Wildman–Crippen LogP) is 1.74. The summed E-state index contributed by atoms with van der Waals surface area (Å²) in [5.74, 6) is 0. The molecule has 0 aromatic carbocycles. The van der Waals surface area contributed by atoms with Gasteiger partial charge in [0.15, 0.2) is 0 Å². The molecule has 3 nitrogen and oxygen atoms in total. The van der Waals surface area contributed by atoms with Crippen LogP contribution >= 0.6 is 0 Å². The van der Waals surface area contributed by atoms with Gasteiger partial charge in [-0.3, -0.25) is 4.68 Å². The summed E-state index contributed by atoms with van der Waals surface area (Å²) in [6.07, 6.45) is 6.79. The summed E-state index contributed by atoms with van der Waals surface area (Å²) in [4.78, 5) is 0. The SMILES string of the molecule is Cc1cnn(CCCCC(C)O)c1. The Balaban J connectivity index is 2.13. The van der Waals surface area contributed by atoms with Crippen LogP contribution in [0.2, 0.25) is 0 Å². The van der Waals surface area contributed by atoms with Crippen molar-refractivity contribution in [1.82, 2.24) is 9.78 Å². The standard InChI is InChI=1S/C10H18N2O/c1-9-7-11-12(8-9)6-4-3-5-10(2)13/h7-8,10,13H,3-6H2,1-2H3.